The van der Waals surface area contributed by atoms with Gasteiger partial charge in [0.15, 0.2) is 0 Å². The SMILES string of the molecule is CCCCCC(CCC(=O)OCC)C(=O)OCCN1CCN(C)CC1. The van der Waals surface area contributed by atoms with Crippen LogP contribution in [0.4, 0.5) is 0 Å². The summed E-state index contributed by atoms with van der Waals surface area (Å²) < 4.78 is 10.5. The zero-order chi connectivity index (χ0) is 18.5. The molecule has 1 aliphatic heterocycles. The molecule has 0 aromatic heterocycles. The Morgan fingerprint density at radius 3 is 2.36 bits per heavy atom. The quantitative estimate of drug-likeness (QED) is 0.395. The third kappa shape index (κ3) is 9.80. The lowest BCUT2D eigenvalue weighted by molar-refractivity contribution is -0.150. The van der Waals surface area contributed by atoms with Crippen LogP contribution in [0, 0.1) is 5.92 Å². The smallest absolute Gasteiger partial charge is 0.308 e. The summed E-state index contributed by atoms with van der Waals surface area (Å²) in [6, 6.07) is 0. The van der Waals surface area contributed by atoms with Gasteiger partial charge in [-0.15, -0.1) is 0 Å². The Balaban J connectivity index is 2.32. The Labute approximate surface area is 152 Å². The molecule has 1 fully saturated rings. The monoisotopic (exact) mass is 356 g/mol. The van der Waals surface area contributed by atoms with Crippen molar-refractivity contribution < 1.29 is 19.1 Å². The molecule has 0 bridgehead atoms. The highest BCUT2D eigenvalue weighted by Crippen LogP contribution is 2.18. The summed E-state index contributed by atoms with van der Waals surface area (Å²) in [5.74, 6) is -0.578. The van der Waals surface area contributed by atoms with Gasteiger partial charge < -0.3 is 14.4 Å². The number of piperazine rings is 1. The molecule has 0 radical (unpaired) electrons. The fourth-order valence-corrected chi connectivity index (χ4v) is 3.01. The molecule has 6 heteroatoms. The number of hydrogen-bond donors (Lipinski definition) is 0. The van der Waals surface area contributed by atoms with E-state index in [-0.39, 0.29) is 24.3 Å². The molecular formula is C19H36N2O4. The van der Waals surface area contributed by atoms with E-state index in [1.165, 1.54) is 0 Å². The van der Waals surface area contributed by atoms with Crippen molar-refractivity contribution in [3.63, 3.8) is 0 Å². The Kier molecular flexibility index (Phi) is 11.5. The predicted octanol–water partition coefficient (Wildman–Crippen LogP) is 2.32. The van der Waals surface area contributed by atoms with Gasteiger partial charge in [0.05, 0.1) is 12.5 Å². The number of unbranched alkanes of at least 4 members (excludes halogenated alkanes) is 2. The highest BCUT2D eigenvalue weighted by Gasteiger charge is 2.22. The first-order valence-electron chi connectivity index (χ1n) is 9.80. The van der Waals surface area contributed by atoms with E-state index in [1.807, 2.05) is 0 Å². The molecule has 0 spiro atoms. The second kappa shape index (κ2) is 13.1. The topological polar surface area (TPSA) is 59.1 Å². The van der Waals surface area contributed by atoms with Crippen LogP contribution in [-0.2, 0) is 19.1 Å². The van der Waals surface area contributed by atoms with Gasteiger partial charge in [-0.25, -0.2) is 0 Å². The van der Waals surface area contributed by atoms with Crippen LogP contribution in [0.3, 0.4) is 0 Å². The first kappa shape index (κ1) is 21.9. The fraction of sp³-hybridized carbons (Fsp3) is 0.895. The molecule has 146 valence electrons. The minimum atomic E-state index is -0.228. The molecule has 1 rings (SSSR count). The fourth-order valence-electron chi connectivity index (χ4n) is 3.01. The molecule has 0 saturated carbocycles. The highest BCUT2D eigenvalue weighted by atomic mass is 16.5. The van der Waals surface area contributed by atoms with E-state index >= 15 is 0 Å². The maximum atomic E-state index is 12.4. The average molecular weight is 357 g/mol. The van der Waals surface area contributed by atoms with Gasteiger partial charge in [0.1, 0.15) is 6.61 Å². The van der Waals surface area contributed by atoms with Gasteiger partial charge in [-0.1, -0.05) is 26.2 Å². The van der Waals surface area contributed by atoms with Gasteiger partial charge in [0, 0.05) is 39.1 Å². The Morgan fingerprint density at radius 1 is 1.00 bits per heavy atom. The summed E-state index contributed by atoms with van der Waals surface area (Å²) in [4.78, 5) is 28.6. The van der Waals surface area contributed by atoms with Crippen molar-refractivity contribution >= 4 is 11.9 Å². The summed E-state index contributed by atoms with van der Waals surface area (Å²) in [5.41, 5.74) is 0. The maximum absolute atomic E-state index is 12.4. The van der Waals surface area contributed by atoms with Crippen LogP contribution in [0.5, 0.6) is 0 Å². The number of rotatable bonds is 12. The molecule has 25 heavy (non-hydrogen) atoms. The van der Waals surface area contributed by atoms with Crippen LogP contribution in [-0.4, -0.2) is 74.7 Å². The minimum Gasteiger partial charge on any atom is -0.466 e. The second-order valence-electron chi connectivity index (χ2n) is 6.85. The normalized spacial score (nSPS) is 17.2. The molecule has 0 amide bonds. The first-order valence-corrected chi connectivity index (χ1v) is 9.80. The van der Waals surface area contributed by atoms with Gasteiger partial charge in [-0.2, -0.15) is 0 Å². The molecule has 0 aromatic rings. The molecule has 1 aliphatic rings. The van der Waals surface area contributed by atoms with E-state index in [1.54, 1.807) is 6.92 Å². The van der Waals surface area contributed by atoms with E-state index < -0.39 is 0 Å². The largest absolute Gasteiger partial charge is 0.466 e. The minimum absolute atomic E-state index is 0.158. The lowest BCUT2D eigenvalue weighted by Crippen LogP contribution is -2.45. The molecule has 6 nitrogen and oxygen atoms in total. The number of likely N-dealkylation sites (N-methyl/N-ethyl adjacent to an activating group) is 1. The number of ether oxygens (including phenoxy) is 2. The second-order valence-corrected chi connectivity index (χ2v) is 6.85. The van der Waals surface area contributed by atoms with Gasteiger partial charge >= 0.3 is 11.9 Å². The van der Waals surface area contributed by atoms with Crippen molar-refractivity contribution in [2.24, 2.45) is 5.92 Å². The highest BCUT2D eigenvalue weighted by molar-refractivity contribution is 5.74. The Bertz CT molecular complexity index is 382. The van der Waals surface area contributed by atoms with Crippen molar-refractivity contribution in [2.45, 2.75) is 52.4 Å². The number of esters is 2. The number of hydrogen-bond acceptors (Lipinski definition) is 6. The Morgan fingerprint density at radius 2 is 1.72 bits per heavy atom. The predicted molar refractivity (Wildman–Crippen MR) is 98.4 cm³/mol. The van der Waals surface area contributed by atoms with E-state index in [4.69, 9.17) is 9.47 Å². The van der Waals surface area contributed by atoms with E-state index in [0.717, 1.165) is 58.4 Å². The third-order valence-electron chi connectivity index (χ3n) is 4.74. The van der Waals surface area contributed by atoms with Crippen molar-refractivity contribution in [3.05, 3.63) is 0 Å². The van der Waals surface area contributed by atoms with E-state index in [0.29, 0.717) is 19.6 Å². The van der Waals surface area contributed by atoms with Crippen molar-refractivity contribution in [2.75, 3.05) is 53.0 Å². The van der Waals surface area contributed by atoms with Gasteiger partial charge in [-0.3, -0.25) is 14.5 Å². The molecule has 1 atom stereocenters. The lowest BCUT2D eigenvalue weighted by Gasteiger charge is -2.32. The maximum Gasteiger partial charge on any atom is 0.308 e. The van der Waals surface area contributed by atoms with Crippen molar-refractivity contribution in [1.82, 2.24) is 9.80 Å². The summed E-state index contributed by atoms with van der Waals surface area (Å²) in [6.45, 7) is 9.72. The molecule has 1 heterocycles. The number of carbonyl (C=O) groups is 2. The molecular weight excluding hydrogens is 320 g/mol. The third-order valence-corrected chi connectivity index (χ3v) is 4.74. The summed E-state index contributed by atoms with van der Waals surface area (Å²) in [5, 5.41) is 0. The van der Waals surface area contributed by atoms with E-state index in [9.17, 15) is 9.59 Å². The van der Waals surface area contributed by atoms with Crippen LogP contribution in [0.15, 0.2) is 0 Å². The summed E-state index contributed by atoms with van der Waals surface area (Å²) in [6.07, 6.45) is 4.82. The van der Waals surface area contributed by atoms with Gasteiger partial charge in [0.2, 0.25) is 0 Å². The van der Waals surface area contributed by atoms with Crippen LogP contribution in [0.25, 0.3) is 0 Å². The molecule has 0 aliphatic carbocycles. The summed E-state index contributed by atoms with van der Waals surface area (Å²) in [7, 11) is 2.13. The van der Waals surface area contributed by atoms with E-state index in [2.05, 4.69) is 23.8 Å². The van der Waals surface area contributed by atoms with Gasteiger partial charge in [-0.05, 0) is 26.8 Å². The first-order chi connectivity index (χ1) is 12.1. The standard InChI is InChI=1S/C19H36N2O4/c1-4-6-7-8-17(9-10-18(22)24-5-2)19(23)25-16-15-21-13-11-20(3)12-14-21/h17H,4-16H2,1-3H3. The zero-order valence-corrected chi connectivity index (χ0v) is 16.3. The number of carbonyl (C=O) groups excluding carboxylic acids is 2. The van der Waals surface area contributed by atoms with Crippen molar-refractivity contribution in [3.8, 4) is 0 Å². The molecule has 1 unspecified atom stereocenters. The molecule has 0 aromatic carbocycles. The zero-order valence-electron chi connectivity index (χ0n) is 16.3. The van der Waals surface area contributed by atoms with Crippen LogP contribution >= 0.6 is 0 Å². The summed E-state index contributed by atoms with van der Waals surface area (Å²) >= 11 is 0. The van der Waals surface area contributed by atoms with Crippen molar-refractivity contribution in [1.29, 1.82) is 0 Å². The lowest BCUT2D eigenvalue weighted by atomic mass is 9.96. The average Bonchev–Trinajstić information content (AvgIpc) is 2.60. The Hall–Kier alpha value is -1.14. The molecule has 1 saturated heterocycles. The van der Waals surface area contributed by atoms with Gasteiger partial charge in [0.25, 0.3) is 0 Å². The van der Waals surface area contributed by atoms with Crippen LogP contribution in [0.2, 0.25) is 0 Å². The van der Waals surface area contributed by atoms with Crippen LogP contribution < -0.4 is 0 Å². The molecule has 0 N–H and O–H groups in total. The number of nitrogens with zero attached hydrogens (tertiary/aromatic N) is 2. The van der Waals surface area contributed by atoms with Crippen LogP contribution in [0.1, 0.15) is 52.4 Å².